The smallest absolute Gasteiger partial charge is 0.0853 e. The summed E-state index contributed by atoms with van der Waals surface area (Å²) in [6, 6.07) is 5.99. The first kappa shape index (κ1) is 20.6. The van der Waals surface area contributed by atoms with E-state index in [2.05, 4.69) is 27.9 Å². The molecule has 0 saturated carbocycles. The number of hydrogen-bond acceptors (Lipinski definition) is 6. The Hall–Kier alpha value is -2.18. The van der Waals surface area contributed by atoms with Crippen molar-refractivity contribution >= 4 is 47.4 Å². The number of anilines is 1. The molecule has 1 unspecified atom stereocenters. The summed E-state index contributed by atoms with van der Waals surface area (Å²) in [6.07, 6.45) is 10.9. The second-order valence-electron chi connectivity index (χ2n) is 6.79. The van der Waals surface area contributed by atoms with Gasteiger partial charge in [0, 0.05) is 35.3 Å². The van der Waals surface area contributed by atoms with E-state index in [1.807, 2.05) is 48.7 Å². The molecule has 1 fully saturated rings. The summed E-state index contributed by atoms with van der Waals surface area (Å²) < 4.78 is 3.34. The number of hydrazone groups is 1. The van der Waals surface area contributed by atoms with Crippen LogP contribution in [0.1, 0.15) is 31.7 Å². The predicted octanol–water partition coefficient (Wildman–Crippen LogP) is 5.60. The molecular weight excluding hydrogens is 390 g/mol. The Balaban J connectivity index is 1.93. The molecule has 3 rings (SSSR count). The number of likely N-dealkylation sites (tertiary alicyclic amines) is 1. The fourth-order valence-corrected chi connectivity index (χ4v) is 3.96. The van der Waals surface area contributed by atoms with Crippen molar-refractivity contribution in [1.29, 1.82) is 0 Å². The second kappa shape index (κ2) is 9.34. The van der Waals surface area contributed by atoms with Crippen molar-refractivity contribution < 1.29 is 0 Å². The molecule has 1 aromatic carbocycles. The molecule has 1 N–H and O–H groups in total. The van der Waals surface area contributed by atoms with Crippen LogP contribution in [0.5, 0.6) is 0 Å². The Labute approximate surface area is 176 Å². The lowest BCUT2D eigenvalue weighted by Crippen LogP contribution is -2.43. The van der Waals surface area contributed by atoms with E-state index in [-0.39, 0.29) is 6.04 Å². The third-order valence-electron chi connectivity index (χ3n) is 4.87. The van der Waals surface area contributed by atoms with Crippen molar-refractivity contribution in [1.82, 2.24) is 9.91 Å². The fourth-order valence-electron chi connectivity index (χ4n) is 3.39. The molecule has 148 valence electrons. The highest BCUT2D eigenvalue weighted by Crippen LogP contribution is 2.34. The fraction of sp³-hybridized carbons (Fsp3) is 0.333. The van der Waals surface area contributed by atoms with Gasteiger partial charge in [0.1, 0.15) is 0 Å². The molecular formula is C21H26ClN5S. The lowest BCUT2D eigenvalue weighted by Gasteiger charge is -2.39. The first-order chi connectivity index (χ1) is 13.5. The van der Waals surface area contributed by atoms with E-state index in [1.165, 1.54) is 0 Å². The zero-order valence-corrected chi connectivity index (χ0v) is 17.9. The summed E-state index contributed by atoms with van der Waals surface area (Å²) in [5.74, 6) is 0. The van der Waals surface area contributed by atoms with Gasteiger partial charge in [0.15, 0.2) is 0 Å². The van der Waals surface area contributed by atoms with Gasteiger partial charge in [-0.2, -0.15) is 5.10 Å². The largest absolute Gasteiger partial charge is 0.363 e. The lowest BCUT2D eigenvalue weighted by molar-refractivity contribution is 0.281. The van der Waals surface area contributed by atoms with Crippen molar-refractivity contribution in [3.05, 3.63) is 59.5 Å². The normalized spacial score (nSPS) is 19.6. The molecule has 0 amide bonds. The Morgan fingerprint density at radius 2 is 2.18 bits per heavy atom. The second-order valence-corrected chi connectivity index (χ2v) is 7.83. The minimum absolute atomic E-state index is 0.127. The van der Waals surface area contributed by atoms with Crippen LogP contribution in [0.2, 0.25) is 5.02 Å². The van der Waals surface area contributed by atoms with Crippen LogP contribution in [0.15, 0.2) is 59.0 Å². The summed E-state index contributed by atoms with van der Waals surface area (Å²) >= 11 is 7.85. The molecule has 0 radical (unpaired) electrons. The van der Waals surface area contributed by atoms with Crippen LogP contribution in [0.3, 0.4) is 0 Å². The van der Waals surface area contributed by atoms with Crippen molar-refractivity contribution in [3.63, 3.8) is 0 Å². The van der Waals surface area contributed by atoms with Gasteiger partial charge in [0.25, 0.3) is 0 Å². The van der Waals surface area contributed by atoms with Crippen molar-refractivity contribution in [3.8, 4) is 0 Å². The number of halogens is 1. The molecule has 5 nitrogen and oxygen atoms in total. The number of piperidine rings is 1. The number of aliphatic imine (C=N–C) groups is 1. The van der Waals surface area contributed by atoms with Gasteiger partial charge >= 0.3 is 0 Å². The van der Waals surface area contributed by atoms with Crippen LogP contribution in [-0.2, 0) is 0 Å². The van der Waals surface area contributed by atoms with Gasteiger partial charge in [-0.05, 0) is 57.2 Å². The quantitative estimate of drug-likeness (QED) is 0.443. The summed E-state index contributed by atoms with van der Waals surface area (Å²) in [6.45, 7) is 11.0. The zero-order valence-electron chi connectivity index (χ0n) is 16.4. The first-order valence-corrected chi connectivity index (χ1v) is 10.9. The average molecular weight is 416 g/mol. The van der Waals surface area contributed by atoms with Gasteiger partial charge in [-0.1, -0.05) is 30.1 Å². The highest BCUT2D eigenvalue weighted by molar-refractivity contribution is 7.99. The molecule has 2 heterocycles. The molecule has 2 aliphatic heterocycles. The van der Waals surface area contributed by atoms with Crippen LogP contribution >= 0.6 is 23.5 Å². The summed E-state index contributed by atoms with van der Waals surface area (Å²) in [5, 5.41) is 7.39. The number of nitrogens with zero attached hydrogens (tertiary/aromatic N) is 4. The standard InChI is InChI=1S/C21H26ClN5S/c1-15-14-27(15)24-20(10-11-23-3)21-7-5-6-12-26(21)16(2)18-13-17(22)8-9-19(18)25-28-4/h8-11,13-14,21,25H,2-3,5-7,12H2,1,4H3/b11-10+,24-20+. The van der Waals surface area contributed by atoms with E-state index >= 15 is 0 Å². The molecule has 0 aromatic heterocycles. The minimum Gasteiger partial charge on any atom is -0.363 e. The molecule has 1 saturated heterocycles. The van der Waals surface area contributed by atoms with E-state index in [9.17, 15) is 0 Å². The molecule has 2 aliphatic rings. The Morgan fingerprint density at radius 3 is 2.86 bits per heavy atom. The van der Waals surface area contributed by atoms with E-state index in [4.69, 9.17) is 16.7 Å². The number of nitrogens with one attached hydrogen (secondary N) is 1. The number of allylic oxidation sites excluding steroid dienone is 1. The lowest BCUT2D eigenvalue weighted by atomic mass is 9.95. The van der Waals surface area contributed by atoms with E-state index in [1.54, 1.807) is 18.1 Å². The number of benzene rings is 1. The molecule has 0 bridgehead atoms. The third-order valence-corrected chi connectivity index (χ3v) is 5.53. The van der Waals surface area contributed by atoms with Gasteiger partial charge in [-0.25, -0.2) is 5.01 Å². The topological polar surface area (TPSA) is 43.0 Å². The summed E-state index contributed by atoms with van der Waals surface area (Å²) in [7, 11) is 0. The molecule has 1 atom stereocenters. The third kappa shape index (κ3) is 4.80. The molecule has 7 heteroatoms. The monoisotopic (exact) mass is 415 g/mol. The zero-order chi connectivity index (χ0) is 20.1. The minimum atomic E-state index is 0.127. The summed E-state index contributed by atoms with van der Waals surface area (Å²) in [5.41, 5.74) is 5.09. The van der Waals surface area contributed by atoms with Crippen molar-refractivity contribution in [2.45, 2.75) is 32.2 Å². The highest BCUT2D eigenvalue weighted by atomic mass is 35.5. The maximum absolute atomic E-state index is 6.30. The maximum Gasteiger partial charge on any atom is 0.0853 e. The van der Waals surface area contributed by atoms with Crippen LogP contribution in [0.25, 0.3) is 5.70 Å². The Morgan fingerprint density at radius 1 is 1.39 bits per heavy atom. The van der Waals surface area contributed by atoms with Crippen LogP contribution < -0.4 is 4.72 Å². The molecule has 0 spiro atoms. The molecule has 1 aromatic rings. The first-order valence-electron chi connectivity index (χ1n) is 9.28. The van der Waals surface area contributed by atoms with Crippen LogP contribution in [-0.4, -0.2) is 41.2 Å². The maximum atomic E-state index is 6.30. The van der Waals surface area contributed by atoms with Crippen LogP contribution in [0.4, 0.5) is 5.69 Å². The average Bonchev–Trinajstić information content (AvgIpc) is 3.40. The number of rotatable bonds is 8. The SMILES string of the molecule is C=N/C=C/C(=N\N1C=C1C)C1CCCCN1C(=C)c1cc(Cl)ccc1NSC. The number of hydrogen-bond donors (Lipinski definition) is 1. The van der Waals surface area contributed by atoms with Crippen molar-refractivity contribution in [2.24, 2.45) is 10.1 Å². The van der Waals surface area contributed by atoms with Gasteiger partial charge in [-0.3, -0.25) is 4.99 Å². The van der Waals surface area contributed by atoms with Gasteiger partial charge in [0.2, 0.25) is 0 Å². The predicted molar refractivity (Wildman–Crippen MR) is 124 cm³/mol. The Bertz CT molecular complexity index is 845. The van der Waals surface area contributed by atoms with Gasteiger partial charge in [0.05, 0.1) is 29.3 Å². The molecule has 28 heavy (non-hydrogen) atoms. The van der Waals surface area contributed by atoms with Crippen LogP contribution in [0, 0.1) is 0 Å². The van der Waals surface area contributed by atoms with E-state index < -0.39 is 0 Å². The van der Waals surface area contributed by atoms with E-state index in [0.29, 0.717) is 5.02 Å². The van der Waals surface area contributed by atoms with E-state index in [0.717, 1.165) is 54.2 Å². The molecule has 0 aliphatic carbocycles. The summed E-state index contributed by atoms with van der Waals surface area (Å²) in [4.78, 5) is 6.22. The Kier molecular flexibility index (Phi) is 6.86. The van der Waals surface area contributed by atoms with Crippen molar-refractivity contribution in [2.75, 3.05) is 17.5 Å². The highest BCUT2D eigenvalue weighted by Gasteiger charge is 2.29. The van der Waals surface area contributed by atoms with Gasteiger partial charge < -0.3 is 9.62 Å². The van der Waals surface area contributed by atoms with Gasteiger partial charge in [-0.15, -0.1) is 0 Å².